The second kappa shape index (κ2) is 4.06. The van der Waals surface area contributed by atoms with Gasteiger partial charge in [0.1, 0.15) is 0 Å². The Balaban J connectivity index is 2.96. The highest BCUT2D eigenvalue weighted by molar-refractivity contribution is 5.28. The average molecular weight is 175 g/mol. The first-order chi connectivity index (χ1) is 6.16. The first kappa shape index (κ1) is 9.76. The van der Waals surface area contributed by atoms with Gasteiger partial charge in [-0.05, 0) is 25.0 Å². The molecule has 0 spiro atoms. The number of hydrogen-bond donors (Lipinski definition) is 1. The van der Waals surface area contributed by atoms with Crippen LogP contribution in [0.5, 0.6) is 0 Å². The van der Waals surface area contributed by atoms with E-state index in [2.05, 4.69) is 0 Å². The Hall–Kier alpha value is -1.33. The van der Waals surface area contributed by atoms with E-state index in [1.807, 2.05) is 37.3 Å². The summed E-state index contributed by atoms with van der Waals surface area (Å²) < 4.78 is 0. The summed E-state index contributed by atoms with van der Waals surface area (Å²) in [7, 11) is 0. The van der Waals surface area contributed by atoms with E-state index in [0.717, 1.165) is 11.1 Å². The molecule has 0 saturated carbocycles. The van der Waals surface area contributed by atoms with Crippen LogP contribution in [-0.4, -0.2) is 5.11 Å². The smallest absolute Gasteiger partial charge is 0.0948 e. The molecule has 13 heavy (non-hydrogen) atoms. The molecule has 0 amide bonds. The molecule has 1 aromatic carbocycles. The molecule has 0 aliphatic rings. The van der Waals surface area contributed by atoms with E-state index in [-0.39, 0.29) is 5.92 Å². The monoisotopic (exact) mass is 175 g/mol. The molecule has 1 rings (SSSR count). The molecular weight excluding hydrogens is 162 g/mol. The number of nitrogens with zero attached hydrogens (tertiary/aromatic N) is 1. The SMILES string of the molecule is Cc1ccccc1C(O)C(C)C#N. The van der Waals surface area contributed by atoms with Crippen molar-refractivity contribution in [1.82, 2.24) is 0 Å². The minimum atomic E-state index is -0.675. The predicted octanol–water partition coefficient (Wildman–Crippen LogP) is 2.19. The van der Waals surface area contributed by atoms with Crippen LogP contribution in [0.15, 0.2) is 24.3 Å². The van der Waals surface area contributed by atoms with Gasteiger partial charge in [0, 0.05) is 0 Å². The Morgan fingerprint density at radius 1 is 1.38 bits per heavy atom. The Morgan fingerprint density at radius 3 is 2.54 bits per heavy atom. The third-order valence-corrected chi connectivity index (χ3v) is 2.18. The number of nitriles is 1. The number of rotatable bonds is 2. The van der Waals surface area contributed by atoms with Crippen LogP contribution in [0.25, 0.3) is 0 Å². The molecule has 1 N–H and O–H groups in total. The lowest BCUT2D eigenvalue weighted by Crippen LogP contribution is -2.08. The Bertz CT molecular complexity index is 327. The van der Waals surface area contributed by atoms with Crippen LogP contribution in [0.2, 0.25) is 0 Å². The Labute approximate surface area is 78.4 Å². The van der Waals surface area contributed by atoms with Crippen LogP contribution < -0.4 is 0 Å². The van der Waals surface area contributed by atoms with E-state index in [9.17, 15) is 5.11 Å². The van der Waals surface area contributed by atoms with E-state index in [1.165, 1.54) is 0 Å². The molecule has 0 heterocycles. The lowest BCUT2D eigenvalue weighted by atomic mass is 9.95. The molecule has 1 aromatic rings. The third-order valence-electron chi connectivity index (χ3n) is 2.18. The molecule has 0 saturated heterocycles. The lowest BCUT2D eigenvalue weighted by molar-refractivity contribution is 0.142. The molecule has 2 nitrogen and oxygen atoms in total. The summed E-state index contributed by atoms with van der Waals surface area (Å²) in [4.78, 5) is 0. The molecule has 2 heteroatoms. The second-order valence-electron chi connectivity index (χ2n) is 3.22. The predicted molar refractivity (Wildman–Crippen MR) is 50.9 cm³/mol. The van der Waals surface area contributed by atoms with Gasteiger partial charge >= 0.3 is 0 Å². The lowest BCUT2D eigenvalue weighted by Gasteiger charge is -2.14. The van der Waals surface area contributed by atoms with Crippen LogP contribution >= 0.6 is 0 Å². The van der Waals surface area contributed by atoms with Gasteiger partial charge in [-0.3, -0.25) is 0 Å². The zero-order valence-electron chi connectivity index (χ0n) is 7.86. The molecule has 2 atom stereocenters. The summed E-state index contributed by atoms with van der Waals surface area (Å²) >= 11 is 0. The molecule has 0 fully saturated rings. The molecule has 0 bridgehead atoms. The van der Waals surface area contributed by atoms with E-state index in [0.29, 0.717) is 0 Å². The zero-order valence-corrected chi connectivity index (χ0v) is 7.86. The molecule has 0 aliphatic heterocycles. The molecular formula is C11H13NO. The maximum absolute atomic E-state index is 9.75. The van der Waals surface area contributed by atoms with Gasteiger partial charge in [0.05, 0.1) is 18.1 Å². The van der Waals surface area contributed by atoms with Gasteiger partial charge in [-0.25, -0.2) is 0 Å². The molecule has 0 aromatic heterocycles. The fourth-order valence-corrected chi connectivity index (χ4v) is 1.26. The third kappa shape index (κ3) is 2.07. The minimum Gasteiger partial charge on any atom is -0.387 e. The van der Waals surface area contributed by atoms with Gasteiger partial charge < -0.3 is 5.11 Å². The number of aryl methyl sites for hydroxylation is 1. The zero-order chi connectivity index (χ0) is 9.84. The summed E-state index contributed by atoms with van der Waals surface area (Å²) in [5.74, 6) is -0.360. The van der Waals surface area contributed by atoms with Crippen molar-refractivity contribution in [3.8, 4) is 6.07 Å². The number of aliphatic hydroxyl groups is 1. The molecule has 0 radical (unpaired) electrons. The van der Waals surface area contributed by atoms with Crippen molar-refractivity contribution >= 4 is 0 Å². The highest BCUT2D eigenvalue weighted by Crippen LogP contribution is 2.23. The van der Waals surface area contributed by atoms with Crippen LogP contribution in [0.4, 0.5) is 0 Å². The van der Waals surface area contributed by atoms with Gasteiger partial charge in [0.2, 0.25) is 0 Å². The fourth-order valence-electron chi connectivity index (χ4n) is 1.26. The first-order valence-corrected chi connectivity index (χ1v) is 4.30. The maximum atomic E-state index is 9.75. The normalized spacial score (nSPS) is 14.6. The van der Waals surface area contributed by atoms with E-state index in [4.69, 9.17) is 5.26 Å². The Kier molecular flexibility index (Phi) is 3.05. The number of benzene rings is 1. The summed E-state index contributed by atoms with van der Waals surface area (Å²) in [6.45, 7) is 3.65. The van der Waals surface area contributed by atoms with Crippen molar-refractivity contribution in [1.29, 1.82) is 5.26 Å². The second-order valence-corrected chi connectivity index (χ2v) is 3.22. The van der Waals surface area contributed by atoms with Gasteiger partial charge in [0.15, 0.2) is 0 Å². The first-order valence-electron chi connectivity index (χ1n) is 4.30. The van der Waals surface area contributed by atoms with Crippen LogP contribution in [0.1, 0.15) is 24.2 Å². The maximum Gasteiger partial charge on any atom is 0.0948 e. The summed E-state index contributed by atoms with van der Waals surface area (Å²) in [5.41, 5.74) is 1.87. The van der Waals surface area contributed by atoms with Crippen molar-refractivity contribution in [3.05, 3.63) is 35.4 Å². The highest BCUT2D eigenvalue weighted by Gasteiger charge is 2.16. The topological polar surface area (TPSA) is 44.0 Å². The molecule has 2 unspecified atom stereocenters. The van der Waals surface area contributed by atoms with Crippen LogP contribution in [0, 0.1) is 24.2 Å². The quantitative estimate of drug-likeness (QED) is 0.748. The highest BCUT2D eigenvalue weighted by atomic mass is 16.3. The molecule has 0 aliphatic carbocycles. The standard InChI is InChI=1S/C11H13NO/c1-8-5-3-4-6-10(8)11(13)9(2)7-12/h3-6,9,11,13H,1-2H3. The number of hydrogen-bond acceptors (Lipinski definition) is 2. The summed E-state index contributed by atoms with van der Waals surface area (Å²) in [6, 6.07) is 9.62. The van der Waals surface area contributed by atoms with Crippen LogP contribution in [-0.2, 0) is 0 Å². The Morgan fingerprint density at radius 2 is 2.00 bits per heavy atom. The van der Waals surface area contributed by atoms with Crippen molar-refractivity contribution < 1.29 is 5.11 Å². The van der Waals surface area contributed by atoms with Gasteiger partial charge in [-0.1, -0.05) is 24.3 Å². The molecule has 68 valence electrons. The van der Waals surface area contributed by atoms with E-state index in [1.54, 1.807) is 6.92 Å². The van der Waals surface area contributed by atoms with Gasteiger partial charge in [-0.2, -0.15) is 5.26 Å². The van der Waals surface area contributed by atoms with Crippen molar-refractivity contribution in [2.75, 3.05) is 0 Å². The summed E-state index contributed by atoms with van der Waals surface area (Å²) in [6.07, 6.45) is -0.675. The largest absolute Gasteiger partial charge is 0.387 e. The van der Waals surface area contributed by atoms with E-state index >= 15 is 0 Å². The van der Waals surface area contributed by atoms with Crippen LogP contribution in [0.3, 0.4) is 0 Å². The number of aliphatic hydroxyl groups excluding tert-OH is 1. The fraction of sp³-hybridized carbons (Fsp3) is 0.364. The minimum absolute atomic E-state index is 0.360. The van der Waals surface area contributed by atoms with Crippen molar-refractivity contribution in [2.24, 2.45) is 5.92 Å². The summed E-state index contributed by atoms with van der Waals surface area (Å²) in [5, 5.41) is 18.4. The van der Waals surface area contributed by atoms with Gasteiger partial charge in [0.25, 0.3) is 0 Å². The van der Waals surface area contributed by atoms with Gasteiger partial charge in [-0.15, -0.1) is 0 Å². The van der Waals surface area contributed by atoms with Crippen molar-refractivity contribution in [2.45, 2.75) is 20.0 Å². The van der Waals surface area contributed by atoms with E-state index < -0.39 is 6.10 Å². The average Bonchev–Trinajstić information content (AvgIpc) is 2.16. The van der Waals surface area contributed by atoms with Crippen molar-refractivity contribution in [3.63, 3.8) is 0 Å².